The second kappa shape index (κ2) is 6.10. The molecule has 1 aliphatic rings. The van der Waals surface area contributed by atoms with E-state index in [0.717, 1.165) is 29.9 Å². The van der Waals surface area contributed by atoms with Gasteiger partial charge in [-0.2, -0.15) is 0 Å². The lowest BCUT2D eigenvalue weighted by Gasteiger charge is -2.30. The third-order valence-electron chi connectivity index (χ3n) is 3.96. The minimum atomic E-state index is -0.887. The summed E-state index contributed by atoms with van der Waals surface area (Å²) in [4.78, 5) is 21.3. The van der Waals surface area contributed by atoms with E-state index in [1.165, 1.54) is 4.90 Å². The molecule has 3 heterocycles. The number of carboxylic acid groups (broad SMARTS) is 1. The molecule has 1 fully saturated rings. The van der Waals surface area contributed by atoms with Crippen molar-refractivity contribution in [3.63, 3.8) is 0 Å². The Kier molecular flexibility index (Phi) is 4.17. The molecule has 7 nitrogen and oxygen atoms in total. The van der Waals surface area contributed by atoms with Crippen molar-refractivity contribution < 1.29 is 14.6 Å². The van der Waals surface area contributed by atoms with Crippen LogP contribution in [0.15, 0.2) is 12.4 Å². The van der Waals surface area contributed by atoms with Gasteiger partial charge in [0.05, 0.1) is 24.7 Å². The zero-order chi connectivity index (χ0) is 15.7. The van der Waals surface area contributed by atoms with Gasteiger partial charge in [-0.05, 0) is 12.8 Å². The van der Waals surface area contributed by atoms with Gasteiger partial charge < -0.3 is 14.7 Å². The highest BCUT2D eigenvalue weighted by Crippen LogP contribution is 2.29. The molecule has 0 spiro atoms. The molecule has 0 aromatic carbocycles. The van der Waals surface area contributed by atoms with Crippen molar-refractivity contribution in [3.8, 4) is 0 Å². The summed E-state index contributed by atoms with van der Waals surface area (Å²) in [6, 6.07) is 0. The van der Waals surface area contributed by atoms with Crippen LogP contribution in [0.2, 0.25) is 5.15 Å². The van der Waals surface area contributed by atoms with Crippen molar-refractivity contribution in [3.05, 3.63) is 29.1 Å². The van der Waals surface area contributed by atoms with Gasteiger partial charge in [0, 0.05) is 26.1 Å². The average molecular weight is 325 g/mol. The number of piperidine rings is 1. The summed E-state index contributed by atoms with van der Waals surface area (Å²) >= 11 is 6.14. The molecule has 0 unspecified atom stereocenters. The van der Waals surface area contributed by atoms with Gasteiger partial charge in [0.25, 0.3) is 0 Å². The fourth-order valence-corrected chi connectivity index (χ4v) is 3.15. The van der Waals surface area contributed by atoms with E-state index < -0.39 is 6.09 Å². The van der Waals surface area contributed by atoms with Crippen LogP contribution in [-0.2, 0) is 11.3 Å². The van der Waals surface area contributed by atoms with Crippen molar-refractivity contribution in [1.29, 1.82) is 0 Å². The number of fused-ring (bicyclic) bond motifs is 1. The van der Waals surface area contributed by atoms with Gasteiger partial charge in [-0.15, -0.1) is 0 Å². The van der Waals surface area contributed by atoms with E-state index >= 15 is 0 Å². The minimum Gasteiger partial charge on any atom is -0.465 e. The fraction of sp³-hybridized carbons (Fsp3) is 0.500. The first kappa shape index (κ1) is 15.1. The lowest BCUT2D eigenvalue weighted by Crippen LogP contribution is -2.38. The molecule has 1 amide bonds. The molecule has 0 aliphatic carbocycles. The Morgan fingerprint density at radius 3 is 3.05 bits per heavy atom. The first-order chi connectivity index (χ1) is 10.6. The second-order valence-electron chi connectivity index (χ2n) is 5.38. The van der Waals surface area contributed by atoms with Gasteiger partial charge in [-0.3, -0.25) is 4.40 Å². The van der Waals surface area contributed by atoms with Crippen LogP contribution in [0.3, 0.4) is 0 Å². The topological polar surface area (TPSA) is 80.0 Å². The number of hydrogen-bond donors (Lipinski definition) is 1. The highest BCUT2D eigenvalue weighted by atomic mass is 35.5. The van der Waals surface area contributed by atoms with Crippen molar-refractivity contribution in [2.75, 3.05) is 20.2 Å². The summed E-state index contributed by atoms with van der Waals surface area (Å²) in [7, 11) is 1.61. The maximum Gasteiger partial charge on any atom is 0.407 e. The number of hydrogen-bond acceptors (Lipinski definition) is 4. The number of likely N-dealkylation sites (tertiary alicyclic amines) is 1. The van der Waals surface area contributed by atoms with Crippen molar-refractivity contribution in [2.45, 2.75) is 25.4 Å². The van der Waals surface area contributed by atoms with E-state index in [1.807, 2.05) is 4.40 Å². The first-order valence-electron chi connectivity index (χ1n) is 7.09. The summed E-state index contributed by atoms with van der Waals surface area (Å²) in [6.45, 7) is 1.41. The molecular weight excluding hydrogens is 308 g/mol. The van der Waals surface area contributed by atoms with Gasteiger partial charge >= 0.3 is 6.09 Å². The molecule has 8 heteroatoms. The molecule has 118 valence electrons. The Hall–Kier alpha value is -1.86. The van der Waals surface area contributed by atoms with E-state index in [4.69, 9.17) is 16.3 Å². The van der Waals surface area contributed by atoms with E-state index in [2.05, 4.69) is 9.97 Å². The van der Waals surface area contributed by atoms with Crippen LogP contribution in [-0.4, -0.2) is 50.7 Å². The van der Waals surface area contributed by atoms with E-state index in [0.29, 0.717) is 24.8 Å². The Labute approximate surface area is 132 Å². The second-order valence-corrected chi connectivity index (χ2v) is 5.74. The van der Waals surface area contributed by atoms with Crippen LogP contribution in [0.25, 0.3) is 5.52 Å². The van der Waals surface area contributed by atoms with Crippen molar-refractivity contribution in [1.82, 2.24) is 19.3 Å². The molecule has 1 N–H and O–H groups in total. The zero-order valence-corrected chi connectivity index (χ0v) is 13.0. The van der Waals surface area contributed by atoms with Crippen LogP contribution >= 0.6 is 11.6 Å². The summed E-state index contributed by atoms with van der Waals surface area (Å²) in [5, 5.41) is 9.58. The Balaban J connectivity index is 2.03. The Morgan fingerprint density at radius 1 is 1.50 bits per heavy atom. The number of nitrogens with zero attached hydrogens (tertiary/aromatic N) is 4. The van der Waals surface area contributed by atoms with E-state index in [9.17, 15) is 9.90 Å². The molecular formula is C14H17ClN4O3. The fourth-order valence-electron chi connectivity index (χ4n) is 2.97. The van der Waals surface area contributed by atoms with Crippen LogP contribution in [0.5, 0.6) is 0 Å². The van der Waals surface area contributed by atoms with Gasteiger partial charge in [-0.25, -0.2) is 14.8 Å². The molecule has 2 aromatic heterocycles. The van der Waals surface area contributed by atoms with Crippen molar-refractivity contribution >= 4 is 23.2 Å². The number of ether oxygens (including phenoxy) is 1. The molecule has 22 heavy (non-hydrogen) atoms. The van der Waals surface area contributed by atoms with Crippen LogP contribution in [0.4, 0.5) is 4.79 Å². The number of imidazole rings is 1. The number of amides is 1. The zero-order valence-electron chi connectivity index (χ0n) is 12.2. The van der Waals surface area contributed by atoms with Gasteiger partial charge in [-0.1, -0.05) is 11.6 Å². The number of carbonyl (C=O) groups is 1. The molecule has 0 radical (unpaired) electrons. The smallest absolute Gasteiger partial charge is 0.407 e. The molecule has 3 rings (SSSR count). The standard InChI is InChI=1S/C14H17ClN4O3/c1-22-8-10-5-16-12(15)11-6-17-13(19(10)11)9-3-2-4-18(7-9)14(20)21/h5-6,9H,2-4,7-8H2,1H3,(H,20,21)/t9-/m1/s1. The molecule has 0 saturated carbocycles. The van der Waals surface area contributed by atoms with Gasteiger partial charge in [0.2, 0.25) is 0 Å². The summed E-state index contributed by atoms with van der Waals surface area (Å²) in [5.74, 6) is 0.860. The van der Waals surface area contributed by atoms with Crippen LogP contribution in [0, 0.1) is 0 Å². The lowest BCUT2D eigenvalue weighted by molar-refractivity contribution is 0.129. The quantitative estimate of drug-likeness (QED) is 0.937. The third-order valence-corrected chi connectivity index (χ3v) is 4.26. The van der Waals surface area contributed by atoms with E-state index in [1.54, 1.807) is 19.5 Å². The molecule has 2 aromatic rings. The lowest BCUT2D eigenvalue weighted by atomic mass is 9.97. The third kappa shape index (κ3) is 2.62. The monoisotopic (exact) mass is 324 g/mol. The molecule has 1 aliphatic heterocycles. The van der Waals surface area contributed by atoms with Crippen LogP contribution < -0.4 is 0 Å². The molecule has 1 atom stereocenters. The normalized spacial score (nSPS) is 18.8. The maximum atomic E-state index is 11.2. The summed E-state index contributed by atoms with van der Waals surface area (Å²) in [6.07, 6.45) is 4.19. The highest BCUT2D eigenvalue weighted by molar-refractivity contribution is 6.32. The van der Waals surface area contributed by atoms with Crippen molar-refractivity contribution in [2.24, 2.45) is 0 Å². The molecule has 1 saturated heterocycles. The SMILES string of the molecule is COCc1cnc(Cl)c2cnc([C@@H]3CCCN(C(=O)O)C3)n12. The summed E-state index contributed by atoms with van der Waals surface area (Å²) in [5.41, 5.74) is 1.57. The molecule has 0 bridgehead atoms. The minimum absolute atomic E-state index is 0.0430. The largest absolute Gasteiger partial charge is 0.465 e. The number of methoxy groups -OCH3 is 1. The number of halogens is 1. The average Bonchev–Trinajstić information content (AvgIpc) is 2.96. The summed E-state index contributed by atoms with van der Waals surface area (Å²) < 4.78 is 7.15. The number of aromatic nitrogens is 3. The predicted molar refractivity (Wildman–Crippen MR) is 80.3 cm³/mol. The maximum absolute atomic E-state index is 11.2. The predicted octanol–water partition coefficient (Wildman–Crippen LogP) is 2.39. The van der Waals surface area contributed by atoms with E-state index in [-0.39, 0.29) is 5.92 Å². The van der Waals surface area contributed by atoms with Gasteiger partial charge in [0.15, 0.2) is 5.15 Å². The Morgan fingerprint density at radius 2 is 2.32 bits per heavy atom. The highest BCUT2D eigenvalue weighted by Gasteiger charge is 2.28. The first-order valence-corrected chi connectivity index (χ1v) is 7.47. The van der Waals surface area contributed by atoms with Gasteiger partial charge in [0.1, 0.15) is 11.3 Å². The number of rotatable bonds is 3. The Bertz CT molecular complexity index is 703. The van der Waals surface area contributed by atoms with Crippen LogP contribution in [0.1, 0.15) is 30.3 Å².